The van der Waals surface area contributed by atoms with Crippen LogP contribution in [-0.2, 0) is 5.41 Å². The summed E-state index contributed by atoms with van der Waals surface area (Å²) in [7, 11) is 0. The number of nitrogens with zero attached hydrogens (tertiary/aromatic N) is 1. The van der Waals surface area contributed by atoms with Crippen LogP contribution in [0.15, 0.2) is 28.9 Å². The number of phenolic OH excluding ortho intramolecular Hbond substituents is 1. The molecule has 18 heavy (non-hydrogen) atoms. The zero-order valence-electron chi connectivity index (χ0n) is 10.9. The van der Waals surface area contributed by atoms with Crippen LogP contribution < -0.4 is 5.73 Å². The molecule has 3 N–H and O–H groups in total. The van der Waals surface area contributed by atoms with E-state index in [9.17, 15) is 5.11 Å². The van der Waals surface area contributed by atoms with Gasteiger partial charge in [0.2, 0.25) is 5.88 Å². The van der Waals surface area contributed by atoms with Crippen molar-refractivity contribution >= 4 is 5.88 Å². The van der Waals surface area contributed by atoms with Gasteiger partial charge in [0.25, 0.3) is 0 Å². The molecule has 0 amide bonds. The quantitative estimate of drug-likeness (QED) is 0.871. The van der Waals surface area contributed by atoms with Crippen LogP contribution in [0.25, 0.3) is 11.1 Å². The Morgan fingerprint density at radius 1 is 1.33 bits per heavy atom. The minimum Gasteiger partial charge on any atom is -0.507 e. The second kappa shape index (κ2) is 4.37. The molecule has 4 nitrogen and oxygen atoms in total. The van der Waals surface area contributed by atoms with Gasteiger partial charge in [-0.2, -0.15) is 0 Å². The van der Waals surface area contributed by atoms with Crippen molar-refractivity contribution in [2.24, 2.45) is 0 Å². The molecular formula is C14H18N2O2. The fourth-order valence-electron chi connectivity index (χ4n) is 1.83. The number of anilines is 1. The normalized spacial score (nSPS) is 11.7. The van der Waals surface area contributed by atoms with Crippen molar-refractivity contribution in [3.05, 3.63) is 30.0 Å². The van der Waals surface area contributed by atoms with Crippen LogP contribution >= 0.6 is 0 Å². The van der Waals surface area contributed by atoms with Gasteiger partial charge in [-0.1, -0.05) is 32.0 Å². The lowest BCUT2D eigenvalue weighted by Gasteiger charge is -2.24. The average molecular weight is 246 g/mol. The van der Waals surface area contributed by atoms with Crippen LogP contribution in [0.4, 0.5) is 5.88 Å². The molecule has 0 aliphatic heterocycles. The van der Waals surface area contributed by atoms with Crippen LogP contribution in [0.1, 0.15) is 32.8 Å². The van der Waals surface area contributed by atoms with Gasteiger partial charge in [-0.25, -0.2) is 0 Å². The lowest BCUT2D eigenvalue weighted by molar-refractivity contribution is 0.436. The number of hydrogen-bond acceptors (Lipinski definition) is 4. The Labute approximate surface area is 106 Å². The van der Waals surface area contributed by atoms with Crippen LogP contribution in [0, 0.1) is 0 Å². The van der Waals surface area contributed by atoms with Gasteiger partial charge in [-0.05, 0) is 29.5 Å². The summed E-state index contributed by atoms with van der Waals surface area (Å²) in [4.78, 5) is 0. The summed E-state index contributed by atoms with van der Waals surface area (Å²) in [5.74, 6) is 0.400. The summed E-state index contributed by atoms with van der Waals surface area (Å²) in [5, 5.41) is 13.6. The maximum atomic E-state index is 9.94. The topological polar surface area (TPSA) is 72.3 Å². The predicted octanol–water partition coefficient (Wildman–Crippen LogP) is 3.32. The Bertz CT molecular complexity index is 559. The fraction of sp³-hybridized carbons (Fsp3) is 0.357. The molecule has 1 aromatic heterocycles. The van der Waals surface area contributed by atoms with Crippen molar-refractivity contribution in [3.63, 3.8) is 0 Å². The Morgan fingerprint density at radius 2 is 2.06 bits per heavy atom. The largest absolute Gasteiger partial charge is 0.507 e. The Hall–Kier alpha value is -1.97. The van der Waals surface area contributed by atoms with Crippen molar-refractivity contribution < 1.29 is 9.63 Å². The van der Waals surface area contributed by atoms with E-state index in [1.807, 2.05) is 12.1 Å². The van der Waals surface area contributed by atoms with E-state index in [1.165, 1.54) is 6.20 Å². The number of nitrogen functional groups attached to an aromatic ring is 1. The van der Waals surface area contributed by atoms with Crippen LogP contribution in [-0.4, -0.2) is 10.3 Å². The predicted molar refractivity (Wildman–Crippen MR) is 71.3 cm³/mol. The number of hydrogen-bond donors (Lipinski definition) is 2. The van der Waals surface area contributed by atoms with Crippen molar-refractivity contribution in [3.8, 4) is 16.9 Å². The van der Waals surface area contributed by atoms with E-state index in [2.05, 4.69) is 25.9 Å². The number of rotatable bonds is 3. The maximum Gasteiger partial charge on any atom is 0.230 e. The summed E-state index contributed by atoms with van der Waals surface area (Å²) in [6.07, 6.45) is 2.53. The van der Waals surface area contributed by atoms with Gasteiger partial charge in [0.1, 0.15) is 5.75 Å². The van der Waals surface area contributed by atoms with Gasteiger partial charge in [-0.15, -0.1) is 0 Å². The summed E-state index contributed by atoms with van der Waals surface area (Å²) < 4.78 is 4.84. The lowest BCUT2D eigenvalue weighted by Crippen LogP contribution is -2.15. The van der Waals surface area contributed by atoms with E-state index in [0.29, 0.717) is 11.1 Å². The molecule has 2 rings (SSSR count). The molecule has 4 heteroatoms. The first-order valence-corrected chi connectivity index (χ1v) is 5.99. The van der Waals surface area contributed by atoms with Gasteiger partial charge in [0.05, 0.1) is 11.8 Å². The fourth-order valence-corrected chi connectivity index (χ4v) is 1.83. The van der Waals surface area contributed by atoms with Gasteiger partial charge in [0, 0.05) is 5.56 Å². The van der Waals surface area contributed by atoms with E-state index in [-0.39, 0.29) is 17.0 Å². The third-order valence-corrected chi connectivity index (χ3v) is 3.55. The van der Waals surface area contributed by atoms with Crippen LogP contribution in [0.3, 0.4) is 0 Å². The molecule has 0 saturated heterocycles. The summed E-state index contributed by atoms with van der Waals surface area (Å²) in [6, 6.07) is 5.57. The van der Waals surface area contributed by atoms with Crippen molar-refractivity contribution in [2.75, 3.05) is 5.73 Å². The highest BCUT2D eigenvalue weighted by Crippen LogP contribution is 2.37. The van der Waals surface area contributed by atoms with E-state index < -0.39 is 0 Å². The molecule has 0 unspecified atom stereocenters. The Morgan fingerprint density at radius 3 is 2.61 bits per heavy atom. The maximum absolute atomic E-state index is 9.94. The zero-order valence-corrected chi connectivity index (χ0v) is 10.9. The molecule has 1 aromatic carbocycles. The molecule has 0 atom stereocenters. The van der Waals surface area contributed by atoms with E-state index in [0.717, 1.165) is 12.0 Å². The molecule has 0 aliphatic carbocycles. The third-order valence-electron chi connectivity index (χ3n) is 3.55. The molecule has 1 heterocycles. The number of nitrogens with two attached hydrogens (primary N) is 1. The molecule has 96 valence electrons. The molecule has 0 fully saturated rings. The first-order chi connectivity index (χ1) is 8.45. The Balaban J connectivity index is 2.56. The lowest BCUT2D eigenvalue weighted by atomic mass is 9.81. The van der Waals surface area contributed by atoms with Crippen molar-refractivity contribution in [2.45, 2.75) is 32.6 Å². The smallest absolute Gasteiger partial charge is 0.230 e. The third kappa shape index (κ3) is 2.06. The van der Waals surface area contributed by atoms with Crippen molar-refractivity contribution in [1.29, 1.82) is 0 Å². The highest BCUT2D eigenvalue weighted by Gasteiger charge is 2.21. The SMILES string of the molecule is CCC(C)(C)c1ccc(O)c(-c2cnoc2N)c1. The number of aromatic nitrogens is 1. The van der Waals surface area contributed by atoms with E-state index >= 15 is 0 Å². The monoisotopic (exact) mass is 246 g/mol. The molecule has 0 radical (unpaired) electrons. The van der Waals surface area contributed by atoms with Crippen LogP contribution in [0.2, 0.25) is 0 Å². The summed E-state index contributed by atoms with van der Waals surface area (Å²) in [6.45, 7) is 6.47. The van der Waals surface area contributed by atoms with Gasteiger partial charge >= 0.3 is 0 Å². The second-order valence-corrected chi connectivity index (χ2v) is 5.07. The average Bonchev–Trinajstić information content (AvgIpc) is 2.76. The molecule has 2 aromatic rings. The second-order valence-electron chi connectivity index (χ2n) is 5.07. The number of phenols is 1. The van der Waals surface area contributed by atoms with Gasteiger partial charge < -0.3 is 15.4 Å². The van der Waals surface area contributed by atoms with E-state index in [1.54, 1.807) is 6.07 Å². The summed E-state index contributed by atoms with van der Waals surface area (Å²) in [5.41, 5.74) is 8.18. The number of benzene rings is 1. The molecule has 0 saturated carbocycles. The molecular weight excluding hydrogens is 228 g/mol. The standard InChI is InChI=1S/C14H18N2O2/c1-4-14(2,3)9-5-6-12(17)10(7-9)11-8-16-18-13(11)15/h5-8,17H,4,15H2,1-3H3. The Kier molecular flexibility index (Phi) is 3.03. The van der Waals surface area contributed by atoms with E-state index in [4.69, 9.17) is 10.3 Å². The zero-order chi connectivity index (χ0) is 13.3. The van der Waals surface area contributed by atoms with Gasteiger partial charge in [0.15, 0.2) is 0 Å². The minimum absolute atomic E-state index is 0.0500. The first-order valence-electron chi connectivity index (χ1n) is 5.99. The molecule has 0 aliphatic rings. The molecule has 0 bridgehead atoms. The highest BCUT2D eigenvalue weighted by atomic mass is 16.5. The van der Waals surface area contributed by atoms with Gasteiger partial charge in [-0.3, -0.25) is 0 Å². The van der Waals surface area contributed by atoms with Crippen molar-refractivity contribution in [1.82, 2.24) is 5.16 Å². The minimum atomic E-state index is 0.0500. The molecule has 0 spiro atoms. The highest BCUT2D eigenvalue weighted by molar-refractivity contribution is 5.77. The number of aromatic hydroxyl groups is 1. The van der Waals surface area contributed by atoms with Crippen LogP contribution in [0.5, 0.6) is 5.75 Å². The summed E-state index contributed by atoms with van der Waals surface area (Å²) >= 11 is 0. The first kappa shape index (κ1) is 12.5.